The van der Waals surface area contributed by atoms with E-state index in [0.717, 1.165) is 16.7 Å². The number of esters is 1. The third kappa shape index (κ3) is 5.93. The lowest BCUT2D eigenvalue weighted by Gasteiger charge is -2.42. The summed E-state index contributed by atoms with van der Waals surface area (Å²) in [5, 5.41) is 3.01. The fourth-order valence-electron chi connectivity index (χ4n) is 5.29. The molecule has 0 radical (unpaired) electrons. The van der Waals surface area contributed by atoms with Gasteiger partial charge in [-0.1, -0.05) is 23.8 Å². The fourth-order valence-corrected chi connectivity index (χ4v) is 5.29. The van der Waals surface area contributed by atoms with Crippen LogP contribution < -0.4 is 10.1 Å². The van der Waals surface area contributed by atoms with E-state index in [1.165, 1.54) is 4.90 Å². The number of urea groups is 1. The van der Waals surface area contributed by atoms with Gasteiger partial charge < -0.3 is 19.7 Å². The zero-order chi connectivity index (χ0) is 28.3. The molecule has 39 heavy (non-hydrogen) atoms. The molecule has 0 aromatic heterocycles. The lowest BCUT2D eigenvalue weighted by Crippen LogP contribution is -2.56. The normalized spacial score (nSPS) is 20.1. The SMILES string of the molecule is CCOC(=O)C1=C(CN2CCN(C(=O)c3ccc(OC)cc3)[C@@H](C)C2)N(C)C(=O)N[C@H]1c1cc(C)ccc1C. The highest BCUT2D eigenvalue weighted by Crippen LogP contribution is 2.34. The first-order valence-corrected chi connectivity index (χ1v) is 13.3. The van der Waals surface area contributed by atoms with Crippen LogP contribution in [0.25, 0.3) is 0 Å². The number of ether oxygens (including phenoxy) is 2. The maximum Gasteiger partial charge on any atom is 0.338 e. The van der Waals surface area contributed by atoms with E-state index in [-0.39, 0.29) is 24.6 Å². The van der Waals surface area contributed by atoms with Crippen LogP contribution in [0.4, 0.5) is 4.79 Å². The number of nitrogens with one attached hydrogen (secondary N) is 1. The van der Waals surface area contributed by atoms with Gasteiger partial charge in [-0.3, -0.25) is 14.6 Å². The van der Waals surface area contributed by atoms with Gasteiger partial charge in [-0.2, -0.15) is 0 Å². The standard InChI is InChI=1S/C30H38N4O5/c1-7-39-29(36)26-25(32(5)30(37)31-27(26)24-16-19(2)8-9-20(24)3)18-33-14-15-34(21(4)17-33)28(35)22-10-12-23(38-6)13-11-22/h8-13,16,21,27H,7,14-15,17-18H2,1-6H3,(H,31,37)/t21-,27-/m0/s1. The molecule has 9 heteroatoms. The molecule has 0 saturated carbocycles. The molecule has 2 aromatic carbocycles. The Labute approximate surface area is 230 Å². The predicted octanol–water partition coefficient (Wildman–Crippen LogP) is 3.67. The number of methoxy groups -OCH3 is 1. The maximum absolute atomic E-state index is 13.4. The van der Waals surface area contributed by atoms with Crippen molar-refractivity contribution >= 4 is 17.9 Å². The lowest BCUT2D eigenvalue weighted by molar-refractivity contribution is -0.139. The Balaban J connectivity index is 1.60. The van der Waals surface area contributed by atoms with E-state index in [9.17, 15) is 14.4 Å². The van der Waals surface area contributed by atoms with Crippen molar-refractivity contribution in [3.8, 4) is 5.75 Å². The van der Waals surface area contributed by atoms with E-state index in [1.54, 1.807) is 45.3 Å². The number of carbonyl (C=O) groups is 3. The van der Waals surface area contributed by atoms with E-state index in [2.05, 4.69) is 10.2 Å². The first-order chi connectivity index (χ1) is 18.6. The molecule has 0 bridgehead atoms. The van der Waals surface area contributed by atoms with Crippen molar-refractivity contribution in [1.29, 1.82) is 0 Å². The van der Waals surface area contributed by atoms with E-state index in [1.807, 2.05) is 43.9 Å². The summed E-state index contributed by atoms with van der Waals surface area (Å²) in [5.74, 6) is 0.238. The lowest BCUT2D eigenvalue weighted by atomic mass is 9.90. The molecule has 2 aliphatic rings. The summed E-state index contributed by atoms with van der Waals surface area (Å²) in [5.41, 5.74) is 4.57. The van der Waals surface area contributed by atoms with Crippen LogP contribution in [0, 0.1) is 13.8 Å². The van der Waals surface area contributed by atoms with Gasteiger partial charge in [-0.05, 0) is 63.1 Å². The summed E-state index contributed by atoms with van der Waals surface area (Å²) in [4.78, 5) is 45.2. The van der Waals surface area contributed by atoms with E-state index >= 15 is 0 Å². The van der Waals surface area contributed by atoms with Gasteiger partial charge in [0.05, 0.1) is 25.3 Å². The number of likely N-dealkylation sites (N-methyl/N-ethyl adjacent to an activating group) is 1. The van der Waals surface area contributed by atoms with Crippen LogP contribution in [0.3, 0.4) is 0 Å². The van der Waals surface area contributed by atoms with Crippen molar-refractivity contribution in [1.82, 2.24) is 20.0 Å². The van der Waals surface area contributed by atoms with Gasteiger partial charge >= 0.3 is 12.0 Å². The second kappa shape index (κ2) is 11.9. The molecule has 1 saturated heterocycles. The number of benzene rings is 2. The van der Waals surface area contributed by atoms with Crippen molar-refractivity contribution in [2.45, 2.75) is 39.8 Å². The van der Waals surface area contributed by atoms with Crippen LogP contribution in [-0.4, -0.2) is 85.6 Å². The molecular weight excluding hydrogens is 496 g/mol. The van der Waals surface area contributed by atoms with Gasteiger partial charge in [-0.15, -0.1) is 0 Å². The van der Waals surface area contributed by atoms with Crippen LogP contribution in [0.15, 0.2) is 53.7 Å². The monoisotopic (exact) mass is 534 g/mol. The van der Waals surface area contributed by atoms with Gasteiger partial charge in [0, 0.05) is 50.5 Å². The van der Waals surface area contributed by atoms with Crippen molar-refractivity contribution in [3.63, 3.8) is 0 Å². The molecule has 4 rings (SSSR count). The zero-order valence-electron chi connectivity index (χ0n) is 23.6. The average molecular weight is 535 g/mol. The third-order valence-corrected chi connectivity index (χ3v) is 7.50. The molecular formula is C30H38N4O5. The topological polar surface area (TPSA) is 91.4 Å². The summed E-state index contributed by atoms with van der Waals surface area (Å²) in [7, 11) is 3.27. The first kappa shape index (κ1) is 28.2. The number of amides is 3. The molecule has 0 aliphatic carbocycles. The molecule has 2 aliphatic heterocycles. The predicted molar refractivity (Wildman–Crippen MR) is 149 cm³/mol. The second-order valence-corrected chi connectivity index (χ2v) is 10.2. The average Bonchev–Trinajstić information content (AvgIpc) is 2.92. The van der Waals surface area contributed by atoms with Crippen LogP contribution in [0.2, 0.25) is 0 Å². The molecule has 0 unspecified atom stereocenters. The van der Waals surface area contributed by atoms with Crippen LogP contribution >= 0.6 is 0 Å². The Hall–Kier alpha value is -3.85. The number of nitrogens with zero attached hydrogens (tertiary/aromatic N) is 3. The molecule has 1 N–H and O–H groups in total. The minimum atomic E-state index is -0.613. The van der Waals surface area contributed by atoms with Gasteiger partial charge in [0.25, 0.3) is 5.91 Å². The number of hydrogen-bond acceptors (Lipinski definition) is 6. The van der Waals surface area contributed by atoms with E-state index in [4.69, 9.17) is 9.47 Å². The summed E-state index contributed by atoms with van der Waals surface area (Å²) in [6, 6.07) is 12.2. The summed E-state index contributed by atoms with van der Waals surface area (Å²) in [6.45, 7) is 10.1. The third-order valence-electron chi connectivity index (χ3n) is 7.50. The van der Waals surface area contributed by atoms with Crippen LogP contribution in [-0.2, 0) is 9.53 Å². The number of rotatable bonds is 7. The highest BCUT2D eigenvalue weighted by Gasteiger charge is 2.39. The molecule has 0 spiro atoms. The minimum Gasteiger partial charge on any atom is -0.497 e. The Morgan fingerprint density at radius 3 is 2.44 bits per heavy atom. The Kier molecular flexibility index (Phi) is 8.60. The van der Waals surface area contributed by atoms with Crippen molar-refractivity contribution in [3.05, 3.63) is 76.0 Å². The van der Waals surface area contributed by atoms with Crippen molar-refractivity contribution in [2.75, 3.05) is 46.9 Å². The van der Waals surface area contributed by atoms with E-state index < -0.39 is 12.0 Å². The van der Waals surface area contributed by atoms with Gasteiger partial charge in [0.15, 0.2) is 0 Å². The maximum atomic E-state index is 13.4. The number of aryl methyl sites for hydroxylation is 2. The summed E-state index contributed by atoms with van der Waals surface area (Å²) >= 11 is 0. The quantitative estimate of drug-likeness (QED) is 0.545. The zero-order valence-corrected chi connectivity index (χ0v) is 23.6. The highest BCUT2D eigenvalue weighted by molar-refractivity contribution is 5.96. The van der Waals surface area contributed by atoms with Gasteiger partial charge in [0.2, 0.25) is 0 Å². The van der Waals surface area contributed by atoms with Crippen LogP contribution in [0.1, 0.15) is 46.9 Å². The fraction of sp³-hybridized carbons (Fsp3) is 0.433. The van der Waals surface area contributed by atoms with Gasteiger partial charge in [-0.25, -0.2) is 9.59 Å². The number of piperazine rings is 1. The van der Waals surface area contributed by atoms with E-state index in [0.29, 0.717) is 48.8 Å². The molecule has 2 aromatic rings. The smallest absolute Gasteiger partial charge is 0.338 e. The molecule has 208 valence electrons. The Morgan fingerprint density at radius 1 is 1.08 bits per heavy atom. The molecule has 2 heterocycles. The summed E-state index contributed by atoms with van der Waals surface area (Å²) < 4.78 is 10.7. The summed E-state index contributed by atoms with van der Waals surface area (Å²) in [6.07, 6.45) is 0. The molecule has 9 nitrogen and oxygen atoms in total. The first-order valence-electron chi connectivity index (χ1n) is 13.3. The van der Waals surface area contributed by atoms with Crippen molar-refractivity contribution < 1.29 is 23.9 Å². The highest BCUT2D eigenvalue weighted by atomic mass is 16.5. The number of hydrogen-bond donors (Lipinski definition) is 1. The Morgan fingerprint density at radius 2 is 1.79 bits per heavy atom. The molecule has 1 fully saturated rings. The van der Waals surface area contributed by atoms with Crippen molar-refractivity contribution in [2.24, 2.45) is 0 Å². The Bertz CT molecular complexity index is 1270. The second-order valence-electron chi connectivity index (χ2n) is 10.2. The molecule has 2 atom stereocenters. The van der Waals surface area contributed by atoms with Gasteiger partial charge in [0.1, 0.15) is 5.75 Å². The number of carbonyl (C=O) groups excluding carboxylic acids is 3. The molecule has 3 amide bonds. The van der Waals surface area contributed by atoms with Crippen LogP contribution in [0.5, 0.6) is 5.75 Å². The largest absolute Gasteiger partial charge is 0.497 e. The minimum absolute atomic E-state index is 0.0274.